The van der Waals surface area contributed by atoms with Crippen molar-refractivity contribution in [3.05, 3.63) is 76.7 Å². The molecule has 2 heterocycles. The molecule has 1 N–H and O–H groups in total. The summed E-state index contributed by atoms with van der Waals surface area (Å²) in [6.45, 7) is 6.85. The van der Waals surface area contributed by atoms with E-state index < -0.39 is 23.2 Å². The van der Waals surface area contributed by atoms with Crippen molar-refractivity contribution in [1.29, 1.82) is 0 Å². The fourth-order valence-electron chi connectivity index (χ4n) is 3.37. The molecule has 2 unspecified atom stereocenters. The average Bonchev–Trinajstić information content (AvgIpc) is 3.18. The maximum Gasteiger partial charge on any atom is 0.417 e. The molecule has 2 atom stereocenters. The van der Waals surface area contributed by atoms with E-state index in [4.69, 9.17) is 16.3 Å². The van der Waals surface area contributed by atoms with E-state index in [1.165, 1.54) is 13.8 Å². The second-order valence-corrected chi connectivity index (χ2v) is 9.09. The third-order valence-corrected chi connectivity index (χ3v) is 5.59. The number of carbonyl (C=O) groups is 1. The van der Waals surface area contributed by atoms with Gasteiger partial charge in [-0.2, -0.15) is 18.3 Å². The van der Waals surface area contributed by atoms with Crippen molar-refractivity contribution in [3.8, 4) is 5.88 Å². The van der Waals surface area contributed by atoms with Crippen LogP contribution in [0.2, 0.25) is 5.02 Å². The Labute approximate surface area is 201 Å². The Morgan fingerprint density at radius 1 is 1.15 bits per heavy atom. The molecule has 34 heavy (non-hydrogen) atoms. The van der Waals surface area contributed by atoms with E-state index >= 15 is 0 Å². The van der Waals surface area contributed by atoms with Crippen LogP contribution in [0.3, 0.4) is 0 Å². The number of hydrogen-bond acceptors (Lipinski definition) is 4. The number of hydrogen-bond donors (Lipinski definition) is 1. The number of nitrogens with zero attached hydrogens (tertiary/aromatic N) is 3. The Morgan fingerprint density at radius 3 is 2.35 bits per heavy atom. The van der Waals surface area contributed by atoms with Crippen molar-refractivity contribution < 1.29 is 22.7 Å². The van der Waals surface area contributed by atoms with Crippen LogP contribution < -0.4 is 10.1 Å². The van der Waals surface area contributed by atoms with Gasteiger partial charge in [0.05, 0.1) is 17.8 Å². The summed E-state index contributed by atoms with van der Waals surface area (Å²) in [5, 5.41) is 8.01. The van der Waals surface area contributed by atoms with Crippen LogP contribution in [0.15, 0.2) is 55.0 Å². The van der Waals surface area contributed by atoms with E-state index in [1.807, 2.05) is 32.2 Å². The molecular formula is C24H26ClF3N4O2. The SMILES string of the molecule is Cc1cnn(C(Cc2ccc(Cl)cc2)C(C)NC(=O)C(C)(C)Oc2ccc(C(F)(F)F)cn2)c1. The number of carbonyl (C=O) groups excluding carboxylic acids is 1. The zero-order valence-corrected chi connectivity index (χ0v) is 20.0. The average molecular weight is 495 g/mol. The molecule has 0 aliphatic heterocycles. The quantitative estimate of drug-likeness (QED) is 0.455. The lowest BCUT2D eigenvalue weighted by atomic mass is 9.99. The van der Waals surface area contributed by atoms with Crippen LogP contribution in [-0.2, 0) is 17.4 Å². The molecule has 0 spiro atoms. The monoisotopic (exact) mass is 494 g/mol. The van der Waals surface area contributed by atoms with E-state index in [0.717, 1.165) is 23.3 Å². The lowest BCUT2D eigenvalue weighted by Gasteiger charge is -2.30. The van der Waals surface area contributed by atoms with Crippen LogP contribution in [0.25, 0.3) is 0 Å². The molecule has 0 bridgehead atoms. The first-order valence-corrected chi connectivity index (χ1v) is 11.0. The van der Waals surface area contributed by atoms with Gasteiger partial charge in [-0.05, 0) is 63.4 Å². The first kappa shape index (κ1) is 25.6. The van der Waals surface area contributed by atoms with Crippen molar-refractivity contribution in [3.63, 3.8) is 0 Å². The molecule has 0 saturated carbocycles. The Morgan fingerprint density at radius 2 is 1.82 bits per heavy atom. The molecule has 1 amide bonds. The second kappa shape index (κ2) is 10.0. The smallest absolute Gasteiger partial charge is 0.417 e. The topological polar surface area (TPSA) is 69.0 Å². The molecule has 0 radical (unpaired) electrons. The maximum atomic E-state index is 13.1. The number of nitrogens with one attached hydrogen (secondary N) is 1. The molecule has 0 fully saturated rings. The molecule has 3 aromatic rings. The van der Waals surface area contributed by atoms with Crippen molar-refractivity contribution in [2.75, 3.05) is 0 Å². The molecule has 0 saturated heterocycles. The van der Waals surface area contributed by atoms with Crippen molar-refractivity contribution in [2.45, 2.75) is 58.0 Å². The van der Waals surface area contributed by atoms with Gasteiger partial charge in [-0.15, -0.1) is 0 Å². The molecule has 2 aromatic heterocycles. The predicted octanol–water partition coefficient (Wildman–Crippen LogP) is 5.40. The number of amides is 1. The third kappa shape index (κ3) is 6.50. The Hall–Kier alpha value is -3.07. The van der Waals surface area contributed by atoms with Gasteiger partial charge in [-0.25, -0.2) is 4.98 Å². The lowest BCUT2D eigenvalue weighted by Crippen LogP contribution is -2.51. The standard InChI is InChI=1S/C24H26ClF3N4O2/c1-15-12-30-32(14-15)20(11-17-5-8-19(25)9-6-17)16(2)31-22(33)23(3,4)34-21-10-7-18(13-29-21)24(26,27)28/h5-10,12-14,16,20H,11H2,1-4H3,(H,31,33). The lowest BCUT2D eigenvalue weighted by molar-refractivity contribution is -0.138. The van der Waals surface area contributed by atoms with Gasteiger partial charge in [-0.3, -0.25) is 9.48 Å². The van der Waals surface area contributed by atoms with Crippen LogP contribution in [0, 0.1) is 6.92 Å². The number of aromatic nitrogens is 3. The number of alkyl halides is 3. The zero-order valence-electron chi connectivity index (χ0n) is 19.2. The number of aryl methyl sites for hydroxylation is 1. The Balaban J connectivity index is 1.73. The van der Waals surface area contributed by atoms with Crippen molar-refractivity contribution in [2.24, 2.45) is 0 Å². The van der Waals surface area contributed by atoms with Gasteiger partial charge in [0.2, 0.25) is 5.88 Å². The number of pyridine rings is 1. The highest BCUT2D eigenvalue weighted by molar-refractivity contribution is 6.30. The number of halogens is 4. The molecule has 3 rings (SSSR count). The fraction of sp³-hybridized carbons (Fsp3) is 0.375. The molecule has 10 heteroatoms. The fourth-order valence-corrected chi connectivity index (χ4v) is 3.49. The highest BCUT2D eigenvalue weighted by Gasteiger charge is 2.34. The highest BCUT2D eigenvalue weighted by atomic mass is 35.5. The minimum Gasteiger partial charge on any atom is -0.462 e. The molecule has 0 aliphatic carbocycles. The minimum atomic E-state index is -4.50. The first-order chi connectivity index (χ1) is 15.8. The van der Waals surface area contributed by atoms with E-state index in [0.29, 0.717) is 17.6 Å². The van der Waals surface area contributed by atoms with Gasteiger partial charge in [-0.1, -0.05) is 23.7 Å². The summed E-state index contributed by atoms with van der Waals surface area (Å²) >= 11 is 6.00. The largest absolute Gasteiger partial charge is 0.462 e. The van der Waals surface area contributed by atoms with Gasteiger partial charge in [0.25, 0.3) is 5.91 Å². The summed E-state index contributed by atoms with van der Waals surface area (Å²) in [6.07, 6.45) is 0.400. The zero-order chi connectivity index (χ0) is 25.1. The third-order valence-electron chi connectivity index (χ3n) is 5.33. The summed E-state index contributed by atoms with van der Waals surface area (Å²) in [5.74, 6) is -0.520. The van der Waals surface area contributed by atoms with E-state index in [-0.39, 0.29) is 18.0 Å². The predicted molar refractivity (Wildman–Crippen MR) is 123 cm³/mol. The van der Waals surface area contributed by atoms with Crippen LogP contribution in [-0.4, -0.2) is 32.3 Å². The Kier molecular flexibility index (Phi) is 7.55. The van der Waals surface area contributed by atoms with Crippen LogP contribution in [0.1, 0.15) is 43.5 Å². The van der Waals surface area contributed by atoms with Gasteiger partial charge in [0, 0.05) is 29.5 Å². The Bertz CT molecular complexity index is 1110. The summed E-state index contributed by atoms with van der Waals surface area (Å²) in [6, 6.07) is 8.84. The minimum absolute atomic E-state index is 0.0822. The molecular weight excluding hydrogens is 469 g/mol. The number of ether oxygens (including phenoxy) is 1. The van der Waals surface area contributed by atoms with Crippen LogP contribution in [0.5, 0.6) is 5.88 Å². The van der Waals surface area contributed by atoms with E-state index in [2.05, 4.69) is 15.4 Å². The van der Waals surface area contributed by atoms with Gasteiger partial charge < -0.3 is 10.1 Å². The van der Waals surface area contributed by atoms with Crippen molar-refractivity contribution in [1.82, 2.24) is 20.1 Å². The summed E-state index contributed by atoms with van der Waals surface area (Å²) in [4.78, 5) is 16.7. The van der Waals surface area contributed by atoms with Gasteiger partial charge in [0.1, 0.15) is 0 Å². The van der Waals surface area contributed by atoms with Gasteiger partial charge in [0.15, 0.2) is 5.60 Å². The summed E-state index contributed by atoms with van der Waals surface area (Å²) < 4.78 is 45.7. The summed E-state index contributed by atoms with van der Waals surface area (Å²) in [5.41, 5.74) is -0.272. The first-order valence-electron chi connectivity index (χ1n) is 10.6. The molecule has 0 aliphatic rings. The number of rotatable bonds is 8. The highest BCUT2D eigenvalue weighted by Crippen LogP contribution is 2.30. The molecule has 6 nitrogen and oxygen atoms in total. The van der Waals surface area contributed by atoms with Crippen LogP contribution >= 0.6 is 11.6 Å². The number of benzene rings is 1. The van der Waals surface area contributed by atoms with Crippen molar-refractivity contribution >= 4 is 17.5 Å². The van der Waals surface area contributed by atoms with Gasteiger partial charge >= 0.3 is 6.18 Å². The molecule has 182 valence electrons. The van der Waals surface area contributed by atoms with E-state index in [1.54, 1.807) is 23.0 Å². The summed E-state index contributed by atoms with van der Waals surface area (Å²) in [7, 11) is 0. The normalized spacial score (nSPS) is 13.9. The maximum absolute atomic E-state index is 13.1. The second-order valence-electron chi connectivity index (χ2n) is 8.65. The van der Waals surface area contributed by atoms with E-state index in [9.17, 15) is 18.0 Å². The molecule has 1 aromatic carbocycles. The van der Waals surface area contributed by atoms with Crippen LogP contribution in [0.4, 0.5) is 13.2 Å².